The average molecular weight is 172 g/mol. The van der Waals surface area contributed by atoms with Gasteiger partial charge in [0, 0.05) is 0 Å². The molecule has 1 amide bonds. The molecule has 1 radical (unpaired) electrons. The van der Waals surface area contributed by atoms with E-state index in [0.717, 1.165) is 0 Å². The predicted molar refractivity (Wildman–Crippen MR) is 38.0 cm³/mol. The number of amides is 1. The van der Waals surface area contributed by atoms with Crippen LogP contribution >= 0.6 is 11.3 Å². The van der Waals surface area contributed by atoms with Crippen molar-refractivity contribution in [2.24, 2.45) is 0 Å². The largest absolute Gasteiger partial charge is 0.453 e. The first-order chi connectivity index (χ1) is 5.33. The fourth-order valence-electron chi connectivity index (χ4n) is 0.461. The normalized spacial score (nSPS) is 9.18. The summed E-state index contributed by atoms with van der Waals surface area (Å²) in [5, 5.41) is 10.3. The Morgan fingerprint density at radius 1 is 1.91 bits per heavy atom. The van der Waals surface area contributed by atoms with E-state index < -0.39 is 6.09 Å². The highest BCUT2D eigenvalue weighted by atomic mass is 32.1. The van der Waals surface area contributed by atoms with Crippen LogP contribution in [0.3, 0.4) is 0 Å². The maximum Gasteiger partial charge on any atom is 0.407 e. The van der Waals surface area contributed by atoms with E-state index in [-0.39, 0.29) is 0 Å². The minimum Gasteiger partial charge on any atom is -0.453 e. The van der Waals surface area contributed by atoms with Crippen molar-refractivity contribution < 1.29 is 9.53 Å². The van der Waals surface area contributed by atoms with Crippen molar-refractivity contribution in [1.82, 2.24) is 15.5 Å². The lowest BCUT2D eigenvalue weighted by Gasteiger charge is -1.98. The lowest BCUT2D eigenvalue weighted by atomic mass is 10.7. The molecule has 0 fully saturated rings. The Hall–Kier alpha value is -1.17. The average Bonchev–Trinajstić information content (AvgIpc) is 2.52. The molecule has 0 spiro atoms. The number of methoxy groups -OCH3 is 1. The number of hydrogen-bond acceptors (Lipinski definition) is 5. The zero-order valence-corrected chi connectivity index (χ0v) is 6.64. The Balaban J connectivity index is 2.29. The predicted octanol–water partition coefficient (Wildman–Crippen LogP) is 0.194. The van der Waals surface area contributed by atoms with Crippen molar-refractivity contribution in [2.45, 2.75) is 6.54 Å². The third kappa shape index (κ3) is 2.50. The smallest absolute Gasteiger partial charge is 0.407 e. The summed E-state index contributed by atoms with van der Waals surface area (Å²) >= 11 is 1.26. The SMILES string of the molecule is COC(=O)NCc1nn[c]s1. The molecule has 0 aliphatic rings. The Bertz CT molecular complexity index is 224. The van der Waals surface area contributed by atoms with Gasteiger partial charge in [0.1, 0.15) is 5.01 Å². The molecule has 0 bridgehead atoms. The van der Waals surface area contributed by atoms with E-state index in [1.54, 1.807) is 0 Å². The van der Waals surface area contributed by atoms with Gasteiger partial charge in [0.05, 0.1) is 13.7 Å². The molecule has 5 nitrogen and oxygen atoms in total. The van der Waals surface area contributed by atoms with Crippen LogP contribution in [-0.2, 0) is 11.3 Å². The Morgan fingerprint density at radius 3 is 3.27 bits per heavy atom. The van der Waals surface area contributed by atoms with E-state index in [2.05, 4.69) is 25.8 Å². The maximum absolute atomic E-state index is 10.5. The van der Waals surface area contributed by atoms with E-state index >= 15 is 0 Å². The minimum atomic E-state index is -0.472. The molecule has 1 rings (SSSR count). The summed E-state index contributed by atoms with van der Waals surface area (Å²) in [6, 6.07) is 0. The van der Waals surface area contributed by atoms with E-state index in [0.29, 0.717) is 11.6 Å². The number of alkyl carbamates (subject to hydrolysis) is 1. The van der Waals surface area contributed by atoms with E-state index in [9.17, 15) is 4.79 Å². The fraction of sp³-hybridized carbons (Fsp3) is 0.400. The fourth-order valence-corrected chi connectivity index (χ4v) is 0.874. The first-order valence-corrected chi connectivity index (χ1v) is 3.65. The number of carbonyl (C=O) groups excluding carboxylic acids is 1. The summed E-state index contributed by atoms with van der Waals surface area (Å²) in [6.07, 6.45) is -0.472. The van der Waals surface area contributed by atoms with Gasteiger partial charge in [0.2, 0.25) is 0 Å². The number of rotatable bonds is 2. The Morgan fingerprint density at radius 2 is 2.73 bits per heavy atom. The van der Waals surface area contributed by atoms with Crippen molar-refractivity contribution in [1.29, 1.82) is 0 Å². The van der Waals surface area contributed by atoms with Crippen LogP contribution in [0.15, 0.2) is 0 Å². The lowest BCUT2D eigenvalue weighted by Crippen LogP contribution is -2.22. The van der Waals surface area contributed by atoms with Gasteiger partial charge < -0.3 is 10.1 Å². The van der Waals surface area contributed by atoms with Gasteiger partial charge in [-0.25, -0.2) is 4.79 Å². The molecule has 1 aromatic heterocycles. The molecule has 0 aliphatic carbocycles. The van der Waals surface area contributed by atoms with Crippen LogP contribution in [0.1, 0.15) is 5.01 Å². The molecule has 0 unspecified atom stereocenters. The highest BCUT2D eigenvalue weighted by Crippen LogP contribution is 1.98. The topological polar surface area (TPSA) is 64.1 Å². The molecule has 6 heteroatoms. The molecule has 0 aliphatic heterocycles. The Kier molecular flexibility index (Phi) is 2.79. The monoisotopic (exact) mass is 172 g/mol. The Labute approximate surface area is 67.4 Å². The summed E-state index contributed by atoms with van der Waals surface area (Å²) in [4.78, 5) is 10.5. The van der Waals surface area contributed by atoms with Gasteiger partial charge in [-0.3, -0.25) is 0 Å². The maximum atomic E-state index is 10.5. The van der Waals surface area contributed by atoms with Crippen molar-refractivity contribution in [3.05, 3.63) is 10.5 Å². The number of hydrogen-bond donors (Lipinski definition) is 1. The highest BCUT2D eigenvalue weighted by molar-refractivity contribution is 7.08. The minimum absolute atomic E-state index is 0.341. The first kappa shape index (κ1) is 7.93. The van der Waals surface area contributed by atoms with Crippen molar-refractivity contribution in [2.75, 3.05) is 7.11 Å². The van der Waals surface area contributed by atoms with Crippen molar-refractivity contribution in [3.8, 4) is 0 Å². The second kappa shape index (κ2) is 3.87. The van der Waals surface area contributed by atoms with Crippen LogP contribution in [0.2, 0.25) is 0 Å². The summed E-state index contributed by atoms with van der Waals surface area (Å²) < 4.78 is 4.34. The van der Waals surface area contributed by atoms with Crippen molar-refractivity contribution >= 4 is 17.4 Å². The molecule has 1 heterocycles. The van der Waals surface area contributed by atoms with Gasteiger partial charge in [-0.1, -0.05) is 11.3 Å². The summed E-state index contributed by atoms with van der Waals surface area (Å²) in [7, 11) is 1.31. The van der Waals surface area contributed by atoms with Gasteiger partial charge in [-0.05, 0) is 0 Å². The van der Waals surface area contributed by atoms with Crippen LogP contribution in [0.4, 0.5) is 4.79 Å². The number of ether oxygens (including phenoxy) is 1. The van der Waals surface area contributed by atoms with Gasteiger partial charge in [-0.15, -0.1) is 10.2 Å². The van der Waals surface area contributed by atoms with E-state index in [1.165, 1.54) is 18.4 Å². The molecule has 0 saturated carbocycles. The third-order valence-corrected chi connectivity index (χ3v) is 1.57. The second-order valence-corrected chi connectivity index (χ2v) is 2.49. The number of nitrogens with zero attached hydrogens (tertiary/aromatic N) is 2. The summed E-state index contributed by atoms with van der Waals surface area (Å²) in [5.41, 5.74) is 2.56. The molecule has 11 heavy (non-hydrogen) atoms. The molecule has 1 aromatic rings. The van der Waals surface area contributed by atoms with Crippen LogP contribution in [0.25, 0.3) is 0 Å². The van der Waals surface area contributed by atoms with E-state index in [1.807, 2.05) is 0 Å². The zero-order chi connectivity index (χ0) is 8.10. The van der Waals surface area contributed by atoms with Gasteiger partial charge >= 0.3 is 6.09 Å². The van der Waals surface area contributed by atoms with Gasteiger partial charge in [0.25, 0.3) is 0 Å². The molecule has 1 N–H and O–H groups in total. The van der Waals surface area contributed by atoms with Crippen LogP contribution in [0, 0.1) is 5.51 Å². The van der Waals surface area contributed by atoms with E-state index in [4.69, 9.17) is 0 Å². The van der Waals surface area contributed by atoms with Crippen LogP contribution in [0.5, 0.6) is 0 Å². The van der Waals surface area contributed by atoms with Crippen LogP contribution < -0.4 is 5.32 Å². The van der Waals surface area contributed by atoms with Gasteiger partial charge in [-0.2, -0.15) is 0 Å². The number of aromatic nitrogens is 2. The molecule has 0 atom stereocenters. The summed E-state index contributed by atoms with van der Waals surface area (Å²) in [6.45, 7) is 0.341. The summed E-state index contributed by atoms with van der Waals surface area (Å²) in [5.74, 6) is 0. The van der Waals surface area contributed by atoms with Crippen LogP contribution in [-0.4, -0.2) is 23.4 Å². The highest BCUT2D eigenvalue weighted by Gasteiger charge is 2.00. The van der Waals surface area contributed by atoms with Crippen molar-refractivity contribution in [3.63, 3.8) is 0 Å². The second-order valence-electron chi connectivity index (χ2n) is 1.63. The van der Waals surface area contributed by atoms with Gasteiger partial charge in [0.15, 0.2) is 5.51 Å². The zero-order valence-electron chi connectivity index (χ0n) is 5.83. The molecule has 59 valence electrons. The molecular weight excluding hydrogens is 166 g/mol. The number of carbonyl (C=O) groups is 1. The molecule has 0 aromatic carbocycles. The third-order valence-electron chi connectivity index (χ3n) is 0.935. The lowest BCUT2D eigenvalue weighted by molar-refractivity contribution is 0.170. The molecule has 0 saturated heterocycles. The number of nitrogens with one attached hydrogen (secondary N) is 1. The molecular formula is C5H6N3O2S. The first-order valence-electron chi connectivity index (χ1n) is 2.83. The standard InChI is InChI=1S/C5H6N3O2S/c1-10-5(9)6-2-4-8-7-3-11-4/h2H2,1H3,(H,6,9). The quantitative estimate of drug-likeness (QED) is 0.691.